The Kier molecular flexibility index (Phi) is 3.88. The molecule has 3 aromatic rings. The van der Waals surface area contributed by atoms with E-state index in [1.165, 1.54) is 6.33 Å². The lowest BCUT2D eigenvalue weighted by atomic mass is 10.1. The van der Waals surface area contributed by atoms with Crippen LogP contribution in [0.15, 0.2) is 29.0 Å². The molecule has 0 atom stereocenters. The minimum absolute atomic E-state index is 0.238. The summed E-state index contributed by atoms with van der Waals surface area (Å²) >= 11 is 0. The van der Waals surface area contributed by atoms with Crippen LogP contribution in [-0.2, 0) is 6.42 Å². The summed E-state index contributed by atoms with van der Waals surface area (Å²) in [6.45, 7) is 5.57. The van der Waals surface area contributed by atoms with Gasteiger partial charge in [0.2, 0.25) is 0 Å². The molecule has 0 saturated carbocycles. The predicted molar refractivity (Wildman–Crippen MR) is 82.5 cm³/mol. The van der Waals surface area contributed by atoms with Gasteiger partial charge in [-0.25, -0.2) is 4.68 Å². The summed E-state index contributed by atoms with van der Waals surface area (Å²) in [5.41, 5.74) is 3.41. The number of rotatable bonds is 4. The molecule has 1 aromatic carbocycles. The molecule has 8 nitrogen and oxygen atoms in total. The van der Waals surface area contributed by atoms with E-state index in [-0.39, 0.29) is 5.91 Å². The number of hydrogen-bond acceptors (Lipinski definition) is 6. The Bertz CT molecular complexity index is 838. The fourth-order valence-corrected chi connectivity index (χ4v) is 2.41. The van der Waals surface area contributed by atoms with E-state index in [9.17, 15) is 4.79 Å². The Morgan fingerprint density at radius 2 is 2.17 bits per heavy atom. The van der Waals surface area contributed by atoms with Crippen LogP contribution in [0.2, 0.25) is 0 Å². The second-order valence-corrected chi connectivity index (χ2v) is 5.08. The molecule has 23 heavy (non-hydrogen) atoms. The number of benzene rings is 1. The van der Waals surface area contributed by atoms with E-state index < -0.39 is 0 Å². The highest BCUT2D eigenvalue weighted by atomic mass is 16.5. The first-order chi connectivity index (χ1) is 11.1. The van der Waals surface area contributed by atoms with Crippen molar-refractivity contribution < 1.29 is 9.32 Å². The number of tetrazole rings is 1. The monoisotopic (exact) mass is 312 g/mol. The topological polar surface area (TPSA) is 98.7 Å². The van der Waals surface area contributed by atoms with Gasteiger partial charge in [0.1, 0.15) is 17.7 Å². The van der Waals surface area contributed by atoms with Crippen molar-refractivity contribution >= 4 is 11.6 Å². The molecule has 1 amide bonds. The highest BCUT2D eigenvalue weighted by Crippen LogP contribution is 2.23. The van der Waals surface area contributed by atoms with E-state index in [1.807, 2.05) is 32.0 Å². The first-order valence-corrected chi connectivity index (χ1v) is 7.21. The van der Waals surface area contributed by atoms with Gasteiger partial charge >= 0.3 is 0 Å². The summed E-state index contributed by atoms with van der Waals surface area (Å²) in [7, 11) is 0. The van der Waals surface area contributed by atoms with Crippen LogP contribution in [0.1, 0.15) is 34.3 Å². The van der Waals surface area contributed by atoms with Crippen molar-refractivity contribution in [3.8, 4) is 5.69 Å². The number of aryl methyl sites for hydroxylation is 2. The molecule has 1 N–H and O–H groups in total. The van der Waals surface area contributed by atoms with Gasteiger partial charge in [0.15, 0.2) is 0 Å². The minimum atomic E-state index is -0.238. The summed E-state index contributed by atoms with van der Waals surface area (Å²) < 4.78 is 6.72. The third-order valence-electron chi connectivity index (χ3n) is 3.63. The molecule has 0 aliphatic rings. The number of hydrogen-bond donors (Lipinski definition) is 1. The molecular weight excluding hydrogens is 296 g/mol. The van der Waals surface area contributed by atoms with Gasteiger partial charge in [-0.15, -0.1) is 5.10 Å². The largest absolute Gasteiger partial charge is 0.360 e. The molecule has 0 saturated heterocycles. The highest BCUT2D eigenvalue weighted by molar-refractivity contribution is 6.06. The van der Waals surface area contributed by atoms with Crippen molar-refractivity contribution in [1.29, 1.82) is 0 Å². The van der Waals surface area contributed by atoms with Crippen molar-refractivity contribution in [2.45, 2.75) is 27.2 Å². The zero-order valence-corrected chi connectivity index (χ0v) is 13.1. The third kappa shape index (κ3) is 2.70. The van der Waals surface area contributed by atoms with E-state index >= 15 is 0 Å². The summed E-state index contributed by atoms with van der Waals surface area (Å²) in [4.78, 5) is 12.6. The smallest absolute Gasteiger partial charge is 0.261 e. The van der Waals surface area contributed by atoms with Crippen LogP contribution in [-0.4, -0.2) is 31.3 Å². The fraction of sp³-hybridized carbons (Fsp3) is 0.267. The van der Waals surface area contributed by atoms with Crippen LogP contribution in [0.3, 0.4) is 0 Å². The van der Waals surface area contributed by atoms with Crippen LogP contribution < -0.4 is 5.32 Å². The maximum atomic E-state index is 12.6. The van der Waals surface area contributed by atoms with Crippen LogP contribution in [0.5, 0.6) is 0 Å². The van der Waals surface area contributed by atoms with E-state index in [0.29, 0.717) is 29.1 Å². The molecule has 118 valence electrons. The molecule has 0 fully saturated rings. The van der Waals surface area contributed by atoms with Crippen LogP contribution >= 0.6 is 0 Å². The maximum Gasteiger partial charge on any atom is 0.261 e. The molecule has 8 heteroatoms. The quantitative estimate of drug-likeness (QED) is 0.792. The fourth-order valence-electron chi connectivity index (χ4n) is 2.41. The Labute approximate surface area is 132 Å². The molecule has 0 aliphatic heterocycles. The molecule has 0 radical (unpaired) electrons. The number of carbonyl (C=O) groups excluding carboxylic acids is 1. The normalized spacial score (nSPS) is 10.7. The maximum absolute atomic E-state index is 12.6. The van der Waals surface area contributed by atoms with Crippen LogP contribution in [0, 0.1) is 13.8 Å². The first kappa shape index (κ1) is 14.9. The number of nitrogens with one attached hydrogen (secondary N) is 1. The molecule has 0 spiro atoms. The lowest BCUT2D eigenvalue weighted by Crippen LogP contribution is -2.15. The molecule has 3 rings (SSSR count). The molecule has 0 unspecified atom stereocenters. The summed E-state index contributed by atoms with van der Waals surface area (Å²) in [6, 6.07) is 5.54. The van der Waals surface area contributed by atoms with Gasteiger partial charge in [-0.2, -0.15) is 0 Å². The lowest BCUT2D eigenvalue weighted by Gasteiger charge is -2.11. The number of aromatic nitrogens is 5. The zero-order chi connectivity index (χ0) is 16.4. The molecule has 2 aromatic heterocycles. The van der Waals surface area contributed by atoms with Crippen molar-refractivity contribution in [1.82, 2.24) is 25.4 Å². The van der Waals surface area contributed by atoms with Crippen molar-refractivity contribution in [2.75, 3.05) is 5.32 Å². The van der Waals surface area contributed by atoms with Gasteiger partial charge in [0, 0.05) is 12.1 Å². The second kappa shape index (κ2) is 5.99. The Morgan fingerprint density at radius 1 is 1.35 bits per heavy atom. The van der Waals surface area contributed by atoms with E-state index in [4.69, 9.17) is 4.52 Å². The van der Waals surface area contributed by atoms with E-state index in [1.54, 1.807) is 11.6 Å². The Balaban J connectivity index is 1.93. The molecule has 0 bridgehead atoms. The van der Waals surface area contributed by atoms with Gasteiger partial charge in [-0.1, -0.05) is 18.1 Å². The zero-order valence-electron chi connectivity index (χ0n) is 13.1. The Hall–Kier alpha value is -3.03. The SMILES string of the molecule is CCc1onc(C)c1C(=O)Nc1cccc(-n2cnnn2)c1C. The third-order valence-corrected chi connectivity index (χ3v) is 3.63. The molecular formula is C15H16N6O2. The van der Waals surface area contributed by atoms with Gasteiger partial charge < -0.3 is 9.84 Å². The summed E-state index contributed by atoms with van der Waals surface area (Å²) in [5.74, 6) is 0.340. The number of amides is 1. The number of anilines is 1. The van der Waals surface area contributed by atoms with Gasteiger partial charge in [-0.3, -0.25) is 4.79 Å². The average Bonchev–Trinajstić information content (AvgIpc) is 3.18. The Morgan fingerprint density at radius 3 is 2.87 bits per heavy atom. The summed E-state index contributed by atoms with van der Waals surface area (Å²) in [5, 5.41) is 17.9. The van der Waals surface area contributed by atoms with Crippen molar-refractivity contribution in [3.05, 3.63) is 47.1 Å². The highest BCUT2D eigenvalue weighted by Gasteiger charge is 2.20. The number of nitrogens with zero attached hydrogens (tertiary/aromatic N) is 5. The number of carbonyl (C=O) groups is 1. The predicted octanol–water partition coefficient (Wildman–Crippen LogP) is 2.08. The lowest BCUT2D eigenvalue weighted by molar-refractivity contribution is 0.102. The van der Waals surface area contributed by atoms with Crippen molar-refractivity contribution in [2.24, 2.45) is 0 Å². The van der Waals surface area contributed by atoms with Crippen molar-refractivity contribution in [3.63, 3.8) is 0 Å². The molecule has 0 aliphatic carbocycles. The minimum Gasteiger partial charge on any atom is -0.360 e. The first-order valence-electron chi connectivity index (χ1n) is 7.21. The van der Waals surface area contributed by atoms with Crippen LogP contribution in [0.25, 0.3) is 5.69 Å². The molecule has 2 heterocycles. The summed E-state index contributed by atoms with van der Waals surface area (Å²) in [6.07, 6.45) is 2.11. The second-order valence-electron chi connectivity index (χ2n) is 5.08. The van der Waals surface area contributed by atoms with E-state index in [2.05, 4.69) is 26.0 Å². The van der Waals surface area contributed by atoms with Crippen LogP contribution in [0.4, 0.5) is 5.69 Å². The van der Waals surface area contributed by atoms with Gasteiger partial charge in [0.25, 0.3) is 5.91 Å². The van der Waals surface area contributed by atoms with Gasteiger partial charge in [-0.05, 0) is 42.0 Å². The standard InChI is InChI=1S/C15H16N6O2/c1-4-13-14(10(3)18-23-13)15(22)17-11-6-5-7-12(9(11)2)21-8-16-19-20-21/h5-8H,4H2,1-3H3,(H,17,22). The van der Waals surface area contributed by atoms with E-state index in [0.717, 1.165) is 11.3 Å². The van der Waals surface area contributed by atoms with Gasteiger partial charge in [0.05, 0.1) is 11.4 Å². The average molecular weight is 312 g/mol.